The minimum atomic E-state index is -0.394. The Kier molecular flexibility index (Phi) is 4.79. The fourth-order valence-electron chi connectivity index (χ4n) is 1.42. The second-order valence-electron chi connectivity index (χ2n) is 3.35. The number of hydrogen-bond donors (Lipinski definition) is 4. The van der Waals surface area contributed by atoms with Crippen molar-refractivity contribution in [1.82, 2.24) is 5.32 Å². The SMILES string of the molecule is CCNC(=O)Nc1c(OC)cccc1/C(N)=N/O. The van der Waals surface area contributed by atoms with Crippen LogP contribution >= 0.6 is 0 Å². The summed E-state index contributed by atoms with van der Waals surface area (Å²) in [5.74, 6) is 0.311. The maximum Gasteiger partial charge on any atom is 0.319 e. The molecule has 0 atom stereocenters. The number of nitrogens with one attached hydrogen (secondary N) is 2. The Morgan fingerprint density at radius 2 is 2.28 bits per heavy atom. The first-order valence-electron chi connectivity index (χ1n) is 5.33. The Morgan fingerprint density at radius 3 is 2.83 bits per heavy atom. The molecule has 1 rings (SSSR count). The number of oxime groups is 1. The van der Waals surface area contributed by atoms with Crippen molar-refractivity contribution in [2.24, 2.45) is 10.9 Å². The Bertz CT molecular complexity index is 460. The molecule has 0 saturated carbocycles. The molecule has 7 nitrogen and oxygen atoms in total. The molecule has 0 fully saturated rings. The van der Waals surface area contributed by atoms with Gasteiger partial charge in [0.05, 0.1) is 12.8 Å². The molecule has 7 heteroatoms. The van der Waals surface area contributed by atoms with Crippen LogP contribution in [0, 0.1) is 0 Å². The molecule has 2 amide bonds. The number of rotatable bonds is 4. The third kappa shape index (κ3) is 3.03. The quantitative estimate of drug-likeness (QED) is 0.276. The van der Waals surface area contributed by atoms with Crippen LogP contribution in [0.2, 0.25) is 0 Å². The average molecular weight is 252 g/mol. The average Bonchev–Trinajstić information content (AvgIpc) is 2.38. The molecule has 1 aromatic carbocycles. The van der Waals surface area contributed by atoms with Crippen LogP contribution in [0.1, 0.15) is 12.5 Å². The predicted octanol–water partition coefficient (Wildman–Crippen LogP) is 0.931. The highest BCUT2D eigenvalue weighted by Gasteiger charge is 2.14. The number of methoxy groups -OCH3 is 1. The molecule has 0 unspecified atom stereocenters. The van der Waals surface area contributed by atoms with E-state index >= 15 is 0 Å². The van der Waals surface area contributed by atoms with Gasteiger partial charge in [0.2, 0.25) is 0 Å². The van der Waals surface area contributed by atoms with Gasteiger partial charge in [-0.2, -0.15) is 0 Å². The summed E-state index contributed by atoms with van der Waals surface area (Å²) in [6.45, 7) is 2.28. The van der Waals surface area contributed by atoms with Gasteiger partial charge in [-0.1, -0.05) is 11.2 Å². The standard InChI is InChI=1S/C11H16N4O3/c1-3-13-11(16)14-9-7(10(12)15-17)5-4-6-8(9)18-2/h4-6,17H,3H2,1-2H3,(H2,12,15)(H2,13,14,16). The minimum Gasteiger partial charge on any atom is -0.495 e. The van der Waals surface area contributed by atoms with Crippen molar-refractivity contribution < 1.29 is 14.7 Å². The Hall–Kier alpha value is -2.44. The topological polar surface area (TPSA) is 109 Å². The number of para-hydroxylation sites is 1. The fraction of sp³-hybridized carbons (Fsp3) is 0.273. The summed E-state index contributed by atoms with van der Waals surface area (Å²) < 4.78 is 5.12. The number of urea groups is 1. The van der Waals surface area contributed by atoms with Crippen LogP contribution in [0.5, 0.6) is 5.75 Å². The zero-order valence-corrected chi connectivity index (χ0v) is 10.2. The molecule has 0 bridgehead atoms. The van der Waals surface area contributed by atoms with E-state index in [0.717, 1.165) is 0 Å². The molecule has 0 saturated heterocycles. The number of anilines is 1. The van der Waals surface area contributed by atoms with Gasteiger partial charge >= 0.3 is 6.03 Å². The number of amides is 2. The van der Waals surface area contributed by atoms with Gasteiger partial charge in [0, 0.05) is 12.1 Å². The first-order chi connectivity index (χ1) is 8.63. The van der Waals surface area contributed by atoms with Gasteiger partial charge in [-0.15, -0.1) is 0 Å². The van der Waals surface area contributed by atoms with E-state index in [-0.39, 0.29) is 5.84 Å². The minimum absolute atomic E-state index is 0.110. The summed E-state index contributed by atoms with van der Waals surface area (Å²) >= 11 is 0. The molecule has 0 heterocycles. The molecule has 0 spiro atoms. The summed E-state index contributed by atoms with van der Waals surface area (Å²) in [6, 6.07) is 4.55. The van der Waals surface area contributed by atoms with Crippen molar-refractivity contribution in [3.63, 3.8) is 0 Å². The van der Waals surface area contributed by atoms with Gasteiger partial charge in [0.1, 0.15) is 5.75 Å². The van der Waals surface area contributed by atoms with E-state index in [0.29, 0.717) is 23.5 Å². The van der Waals surface area contributed by atoms with Crippen molar-refractivity contribution in [2.75, 3.05) is 19.0 Å². The number of benzene rings is 1. The van der Waals surface area contributed by atoms with E-state index in [1.165, 1.54) is 7.11 Å². The normalized spacial score (nSPS) is 10.9. The van der Waals surface area contributed by atoms with Crippen LogP contribution in [-0.4, -0.2) is 30.7 Å². The Labute approximate surface area is 105 Å². The summed E-state index contributed by atoms with van der Waals surface area (Å²) in [4.78, 5) is 11.5. The molecular weight excluding hydrogens is 236 g/mol. The molecule has 0 aliphatic heterocycles. The Balaban J connectivity index is 3.16. The lowest BCUT2D eigenvalue weighted by Gasteiger charge is -2.14. The third-order valence-electron chi connectivity index (χ3n) is 2.21. The van der Waals surface area contributed by atoms with E-state index in [1.807, 2.05) is 0 Å². The summed E-state index contributed by atoms with van der Waals surface area (Å²) in [5.41, 5.74) is 6.27. The highest BCUT2D eigenvalue weighted by Crippen LogP contribution is 2.28. The molecule has 0 radical (unpaired) electrons. The lowest BCUT2D eigenvalue weighted by Crippen LogP contribution is -2.29. The summed E-state index contributed by atoms with van der Waals surface area (Å²) in [5, 5.41) is 16.8. The van der Waals surface area contributed by atoms with E-state index in [2.05, 4.69) is 15.8 Å². The first kappa shape index (κ1) is 13.6. The lowest BCUT2D eigenvalue weighted by atomic mass is 10.1. The van der Waals surface area contributed by atoms with Gasteiger partial charge in [-0.25, -0.2) is 4.79 Å². The Morgan fingerprint density at radius 1 is 1.56 bits per heavy atom. The number of nitrogens with two attached hydrogens (primary N) is 1. The van der Waals surface area contributed by atoms with Gasteiger partial charge in [-0.3, -0.25) is 0 Å². The van der Waals surface area contributed by atoms with Crippen LogP contribution in [-0.2, 0) is 0 Å². The van der Waals surface area contributed by atoms with Crippen LogP contribution in [0.25, 0.3) is 0 Å². The summed E-state index contributed by atoms with van der Waals surface area (Å²) in [6.07, 6.45) is 0. The van der Waals surface area contributed by atoms with Gasteiger partial charge in [0.15, 0.2) is 5.84 Å². The molecule has 1 aromatic rings. The maximum atomic E-state index is 11.5. The monoisotopic (exact) mass is 252 g/mol. The number of nitrogens with zero attached hydrogens (tertiary/aromatic N) is 1. The molecule has 5 N–H and O–H groups in total. The lowest BCUT2D eigenvalue weighted by molar-refractivity contribution is 0.252. The zero-order chi connectivity index (χ0) is 13.5. The van der Waals surface area contributed by atoms with Gasteiger partial charge in [0.25, 0.3) is 0 Å². The molecule has 98 valence electrons. The van der Waals surface area contributed by atoms with Crippen LogP contribution in [0.15, 0.2) is 23.4 Å². The molecule has 18 heavy (non-hydrogen) atoms. The van der Waals surface area contributed by atoms with E-state index in [4.69, 9.17) is 15.7 Å². The van der Waals surface area contributed by atoms with Crippen molar-refractivity contribution in [3.05, 3.63) is 23.8 Å². The third-order valence-corrected chi connectivity index (χ3v) is 2.21. The molecule has 0 aliphatic rings. The van der Waals surface area contributed by atoms with Gasteiger partial charge in [-0.05, 0) is 19.1 Å². The van der Waals surface area contributed by atoms with Gasteiger partial charge < -0.3 is 26.3 Å². The second-order valence-corrected chi connectivity index (χ2v) is 3.35. The first-order valence-corrected chi connectivity index (χ1v) is 5.33. The number of hydrogen-bond acceptors (Lipinski definition) is 4. The van der Waals surface area contributed by atoms with Crippen molar-refractivity contribution in [1.29, 1.82) is 0 Å². The number of carbonyl (C=O) groups is 1. The fourth-order valence-corrected chi connectivity index (χ4v) is 1.42. The summed E-state index contributed by atoms with van der Waals surface area (Å²) in [7, 11) is 1.47. The number of ether oxygens (including phenoxy) is 1. The second kappa shape index (κ2) is 6.33. The largest absolute Gasteiger partial charge is 0.495 e. The van der Waals surface area contributed by atoms with E-state index in [9.17, 15) is 4.79 Å². The number of amidine groups is 1. The van der Waals surface area contributed by atoms with Crippen molar-refractivity contribution in [3.8, 4) is 5.75 Å². The van der Waals surface area contributed by atoms with E-state index < -0.39 is 6.03 Å². The molecule has 0 aromatic heterocycles. The van der Waals surface area contributed by atoms with Crippen molar-refractivity contribution in [2.45, 2.75) is 6.92 Å². The number of carbonyl (C=O) groups excluding carboxylic acids is 1. The maximum absolute atomic E-state index is 11.5. The van der Waals surface area contributed by atoms with E-state index in [1.54, 1.807) is 25.1 Å². The van der Waals surface area contributed by atoms with Crippen LogP contribution in [0.3, 0.4) is 0 Å². The smallest absolute Gasteiger partial charge is 0.319 e. The molecule has 0 aliphatic carbocycles. The zero-order valence-electron chi connectivity index (χ0n) is 10.2. The highest BCUT2D eigenvalue weighted by molar-refractivity contribution is 6.06. The predicted molar refractivity (Wildman–Crippen MR) is 68.2 cm³/mol. The molecular formula is C11H16N4O3. The van der Waals surface area contributed by atoms with Crippen LogP contribution < -0.4 is 21.1 Å². The van der Waals surface area contributed by atoms with Crippen molar-refractivity contribution >= 4 is 17.6 Å². The van der Waals surface area contributed by atoms with Crippen LogP contribution in [0.4, 0.5) is 10.5 Å². The highest BCUT2D eigenvalue weighted by atomic mass is 16.5.